The maximum Gasteiger partial charge on any atom is 0.224 e. The number of rotatable bonds is 5. The van der Waals surface area contributed by atoms with Gasteiger partial charge in [0, 0.05) is 39.0 Å². The van der Waals surface area contributed by atoms with Crippen LogP contribution in [-0.4, -0.2) is 53.9 Å². The molecule has 1 aliphatic rings. The number of ether oxygens (including phenoxy) is 1. The Morgan fingerprint density at radius 1 is 1.45 bits per heavy atom. The van der Waals surface area contributed by atoms with Crippen molar-refractivity contribution in [1.29, 1.82) is 0 Å². The van der Waals surface area contributed by atoms with Gasteiger partial charge in [-0.25, -0.2) is 4.98 Å². The summed E-state index contributed by atoms with van der Waals surface area (Å²) in [4.78, 5) is 18.7. The van der Waals surface area contributed by atoms with Crippen molar-refractivity contribution in [3.63, 3.8) is 0 Å². The zero-order chi connectivity index (χ0) is 15.4. The zero-order valence-corrected chi connectivity index (χ0v) is 12.7. The molecular formula is C15H21N5O2. The standard InChI is InChI=1S/C15H21N5O2/c1-22-10-8-17-15(21)12-3-2-9-19(11-12)14-5-6-16-13-4-7-18-20(13)14/h4-7,12H,2-3,8-11H2,1H3,(H,17,21). The van der Waals surface area contributed by atoms with Crippen LogP contribution in [0.3, 0.4) is 0 Å². The summed E-state index contributed by atoms with van der Waals surface area (Å²) in [5.74, 6) is 1.10. The van der Waals surface area contributed by atoms with Gasteiger partial charge in [0.1, 0.15) is 5.82 Å². The highest BCUT2D eigenvalue weighted by molar-refractivity contribution is 5.79. The Hall–Kier alpha value is -2.15. The quantitative estimate of drug-likeness (QED) is 0.824. The normalized spacial score (nSPS) is 18.6. The summed E-state index contributed by atoms with van der Waals surface area (Å²) in [7, 11) is 1.63. The van der Waals surface area contributed by atoms with Crippen molar-refractivity contribution in [3.05, 3.63) is 24.5 Å². The number of hydrogen-bond acceptors (Lipinski definition) is 5. The second-order valence-corrected chi connectivity index (χ2v) is 5.47. The highest BCUT2D eigenvalue weighted by Crippen LogP contribution is 2.23. The smallest absolute Gasteiger partial charge is 0.224 e. The average molecular weight is 303 g/mol. The first-order valence-electron chi connectivity index (χ1n) is 7.60. The lowest BCUT2D eigenvalue weighted by Gasteiger charge is -2.33. The highest BCUT2D eigenvalue weighted by atomic mass is 16.5. The minimum Gasteiger partial charge on any atom is -0.383 e. The van der Waals surface area contributed by atoms with E-state index in [1.165, 1.54) is 0 Å². The molecule has 1 aliphatic heterocycles. The molecule has 2 aromatic rings. The molecule has 0 bridgehead atoms. The van der Waals surface area contributed by atoms with E-state index < -0.39 is 0 Å². The largest absolute Gasteiger partial charge is 0.383 e. The molecule has 3 heterocycles. The van der Waals surface area contributed by atoms with Crippen molar-refractivity contribution < 1.29 is 9.53 Å². The van der Waals surface area contributed by atoms with E-state index in [4.69, 9.17) is 4.74 Å². The van der Waals surface area contributed by atoms with Crippen LogP contribution in [0.4, 0.5) is 5.82 Å². The lowest BCUT2D eigenvalue weighted by atomic mass is 9.97. The fourth-order valence-electron chi connectivity index (χ4n) is 2.88. The van der Waals surface area contributed by atoms with E-state index in [9.17, 15) is 4.79 Å². The van der Waals surface area contributed by atoms with Crippen LogP contribution in [-0.2, 0) is 9.53 Å². The molecule has 0 aliphatic carbocycles. The predicted octanol–water partition coefficient (Wildman–Crippen LogP) is 0.708. The summed E-state index contributed by atoms with van der Waals surface area (Å²) in [5, 5.41) is 7.25. The minimum absolute atomic E-state index is 0.00406. The van der Waals surface area contributed by atoms with E-state index in [0.717, 1.165) is 30.9 Å². The average Bonchev–Trinajstić information content (AvgIpc) is 3.03. The Kier molecular flexibility index (Phi) is 4.53. The number of amides is 1. The van der Waals surface area contributed by atoms with Crippen LogP contribution in [0.5, 0.6) is 0 Å². The fraction of sp³-hybridized carbons (Fsp3) is 0.533. The van der Waals surface area contributed by atoms with E-state index in [2.05, 4.69) is 20.3 Å². The molecule has 2 aromatic heterocycles. The van der Waals surface area contributed by atoms with Gasteiger partial charge in [0.15, 0.2) is 5.65 Å². The molecule has 3 rings (SSSR count). The second kappa shape index (κ2) is 6.74. The number of carbonyl (C=O) groups excluding carboxylic acids is 1. The Morgan fingerprint density at radius 3 is 3.23 bits per heavy atom. The van der Waals surface area contributed by atoms with Crippen molar-refractivity contribution in [2.24, 2.45) is 5.92 Å². The molecule has 1 N–H and O–H groups in total. The number of anilines is 1. The third-order valence-corrected chi connectivity index (χ3v) is 3.99. The lowest BCUT2D eigenvalue weighted by molar-refractivity contribution is -0.125. The van der Waals surface area contributed by atoms with Gasteiger partial charge in [-0.2, -0.15) is 9.61 Å². The maximum absolute atomic E-state index is 12.2. The molecule has 1 atom stereocenters. The first kappa shape index (κ1) is 14.8. The molecule has 0 saturated carbocycles. The van der Waals surface area contributed by atoms with E-state index in [-0.39, 0.29) is 11.8 Å². The van der Waals surface area contributed by atoms with Gasteiger partial charge in [-0.05, 0) is 18.9 Å². The first-order valence-corrected chi connectivity index (χ1v) is 7.60. The van der Waals surface area contributed by atoms with Crippen molar-refractivity contribution in [2.45, 2.75) is 12.8 Å². The molecule has 0 radical (unpaired) electrons. The van der Waals surface area contributed by atoms with Gasteiger partial charge < -0.3 is 15.0 Å². The predicted molar refractivity (Wildman–Crippen MR) is 82.8 cm³/mol. The van der Waals surface area contributed by atoms with Gasteiger partial charge in [-0.15, -0.1) is 0 Å². The van der Waals surface area contributed by atoms with Crippen LogP contribution in [0, 0.1) is 5.92 Å². The molecule has 22 heavy (non-hydrogen) atoms. The van der Waals surface area contributed by atoms with E-state index >= 15 is 0 Å². The van der Waals surface area contributed by atoms with Gasteiger partial charge in [0.25, 0.3) is 0 Å². The topological polar surface area (TPSA) is 71.8 Å². The molecule has 1 saturated heterocycles. The Labute approximate surface area is 129 Å². The number of methoxy groups -OCH3 is 1. The summed E-state index contributed by atoms with van der Waals surface area (Å²) >= 11 is 0. The molecule has 1 amide bonds. The molecule has 7 nitrogen and oxygen atoms in total. The third-order valence-electron chi connectivity index (χ3n) is 3.99. The van der Waals surface area contributed by atoms with Gasteiger partial charge in [0.2, 0.25) is 5.91 Å². The van der Waals surface area contributed by atoms with Crippen LogP contribution >= 0.6 is 0 Å². The fourth-order valence-corrected chi connectivity index (χ4v) is 2.88. The van der Waals surface area contributed by atoms with Gasteiger partial charge >= 0.3 is 0 Å². The van der Waals surface area contributed by atoms with Gasteiger partial charge in [-0.1, -0.05) is 0 Å². The summed E-state index contributed by atoms with van der Waals surface area (Å²) in [6, 6.07) is 3.83. The summed E-state index contributed by atoms with van der Waals surface area (Å²) in [5.41, 5.74) is 0.823. The highest BCUT2D eigenvalue weighted by Gasteiger charge is 2.26. The van der Waals surface area contributed by atoms with Crippen LogP contribution in [0.15, 0.2) is 24.5 Å². The Morgan fingerprint density at radius 2 is 2.36 bits per heavy atom. The SMILES string of the molecule is COCCNC(=O)C1CCCN(c2ccnc3ccnn23)C1. The van der Waals surface area contributed by atoms with Crippen molar-refractivity contribution in [2.75, 3.05) is 38.3 Å². The second-order valence-electron chi connectivity index (χ2n) is 5.47. The number of nitrogens with one attached hydrogen (secondary N) is 1. The lowest BCUT2D eigenvalue weighted by Crippen LogP contribution is -2.44. The summed E-state index contributed by atoms with van der Waals surface area (Å²) < 4.78 is 6.79. The van der Waals surface area contributed by atoms with Gasteiger partial charge in [-0.3, -0.25) is 4.79 Å². The maximum atomic E-state index is 12.2. The van der Waals surface area contributed by atoms with Crippen LogP contribution in [0.25, 0.3) is 5.65 Å². The van der Waals surface area contributed by atoms with Crippen LogP contribution < -0.4 is 10.2 Å². The molecule has 1 fully saturated rings. The number of hydrogen-bond donors (Lipinski definition) is 1. The van der Waals surface area contributed by atoms with E-state index in [1.807, 2.05) is 16.6 Å². The van der Waals surface area contributed by atoms with E-state index in [1.54, 1.807) is 19.5 Å². The van der Waals surface area contributed by atoms with Crippen molar-refractivity contribution >= 4 is 17.4 Å². The Balaban J connectivity index is 1.70. The third kappa shape index (κ3) is 3.04. The van der Waals surface area contributed by atoms with Gasteiger partial charge in [0.05, 0.1) is 18.7 Å². The number of carbonyl (C=O) groups is 1. The molecule has 0 aromatic carbocycles. The van der Waals surface area contributed by atoms with Crippen molar-refractivity contribution in [3.8, 4) is 0 Å². The van der Waals surface area contributed by atoms with E-state index in [0.29, 0.717) is 19.7 Å². The van der Waals surface area contributed by atoms with Crippen molar-refractivity contribution in [1.82, 2.24) is 19.9 Å². The van der Waals surface area contributed by atoms with Crippen LogP contribution in [0.1, 0.15) is 12.8 Å². The minimum atomic E-state index is 0.00406. The monoisotopic (exact) mass is 303 g/mol. The molecule has 1 unspecified atom stereocenters. The molecular weight excluding hydrogens is 282 g/mol. The number of nitrogens with zero attached hydrogens (tertiary/aromatic N) is 4. The summed E-state index contributed by atoms with van der Waals surface area (Å²) in [6.07, 6.45) is 5.44. The Bertz CT molecular complexity index is 642. The number of fused-ring (bicyclic) bond motifs is 1. The number of aromatic nitrogens is 3. The zero-order valence-electron chi connectivity index (χ0n) is 12.7. The number of piperidine rings is 1. The van der Waals surface area contributed by atoms with Crippen LogP contribution in [0.2, 0.25) is 0 Å². The molecule has 118 valence electrons. The summed E-state index contributed by atoms with van der Waals surface area (Å²) in [6.45, 7) is 2.74. The molecule has 0 spiro atoms. The first-order chi connectivity index (χ1) is 10.8. The molecule has 7 heteroatoms.